The lowest BCUT2D eigenvalue weighted by Gasteiger charge is -2.31. The van der Waals surface area contributed by atoms with E-state index in [0.717, 1.165) is 16.0 Å². The smallest absolute Gasteiger partial charge is 0.328 e. The molecule has 1 saturated heterocycles. The SMILES string of the molecule is CSc1ccc(C=CC(=O)N2CCC(C(=O)N[C@@H](CNC(=O)C(c3ccccc3)c3ccccc3)C(=O)O)CC2)c(Cl)c1Cl. The van der Waals surface area contributed by atoms with E-state index in [2.05, 4.69) is 10.6 Å². The Balaban J connectivity index is 1.31. The maximum absolute atomic E-state index is 13.3. The van der Waals surface area contributed by atoms with Crippen LogP contribution in [0.15, 0.2) is 83.8 Å². The summed E-state index contributed by atoms with van der Waals surface area (Å²) in [5.74, 6) is -3.37. The molecule has 3 N–H and O–H groups in total. The normalized spacial score (nSPS) is 14.4. The van der Waals surface area contributed by atoms with Gasteiger partial charge in [0.1, 0.15) is 6.04 Å². The Hall–Kier alpha value is -3.79. The number of rotatable bonds is 11. The standard InChI is InChI=1S/C33H33Cl2N3O5S/c1-44-26-14-12-23(29(34)30(26)35)13-15-27(39)38-18-16-24(17-19-38)31(40)37-25(33(42)43)20-36-32(41)28(21-8-4-2-5-9-21)22-10-6-3-7-11-22/h2-15,24-25,28H,16-20H2,1H3,(H,36,41)(H,37,40)(H,42,43)/t25-/m0/s1. The van der Waals surface area contributed by atoms with Crippen molar-refractivity contribution in [3.63, 3.8) is 0 Å². The third kappa shape index (κ3) is 8.43. The summed E-state index contributed by atoms with van der Waals surface area (Å²) < 4.78 is 0. The van der Waals surface area contributed by atoms with Crippen LogP contribution >= 0.6 is 35.0 Å². The Morgan fingerprint density at radius 2 is 1.52 bits per heavy atom. The van der Waals surface area contributed by atoms with Gasteiger partial charge in [0.2, 0.25) is 17.7 Å². The first kappa shape index (κ1) is 33.1. The zero-order chi connectivity index (χ0) is 31.6. The largest absolute Gasteiger partial charge is 0.480 e. The highest BCUT2D eigenvalue weighted by atomic mass is 35.5. The van der Waals surface area contributed by atoms with Crippen LogP contribution in [-0.2, 0) is 19.2 Å². The van der Waals surface area contributed by atoms with Crippen molar-refractivity contribution in [3.05, 3.63) is 106 Å². The molecule has 1 fully saturated rings. The van der Waals surface area contributed by atoms with Crippen molar-refractivity contribution in [2.75, 3.05) is 25.9 Å². The second kappa shape index (κ2) is 15.8. The first-order valence-corrected chi connectivity index (χ1v) is 16.1. The number of amides is 3. The highest BCUT2D eigenvalue weighted by Crippen LogP contribution is 2.35. The minimum atomic E-state index is -1.31. The monoisotopic (exact) mass is 653 g/mol. The van der Waals surface area contributed by atoms with Crippen molar-refractivity contribution in [3.8, 4) is 0 Å². The molecule has 0 aromatic heterocycles. The van der Waals surface area contributed by atoms with Crippen LogP contribution in [0.5, 0.6) is 0 Å². The molecular weight excluding hydrogens is 621 g/mol. The van der Waals surface area contributed by atoms with Gasteiger partial charge in [0, 0.05) is 36.5 Å². The van der Waals surface area contributed by atoms with E-state index in [-0.39, 0.29) is 18.4 Å². The van der Waals surface area contributed by atoms with Gasteiger partial charge in [-0.3, -0.25) is 14.4 Å². The van der Waals surface area contributed by atoms with Gasteiger partial charge in [0.25, 0.3) is 0 Å². The van der Waals surface area contributed by atoms with Crippen molar-refractivity contribution in [1.82, 2.24) is 15.5 Å². The summed E-state index contributed by atoms with van der Waals surface area (Å²) in [6.07, 6.45) is 5.70. The molecule has 4 rings (SSSR count). The molecule has 3 aromatic carbocycles. The molecule has 3 aromatic rings. The maximum atomic E-state index is 13.3. The van der Waals surface area contributed by atoms with Crippen LogP contribution in [0.4, 0.5) is 0 Å². The third-order valence-electron chi connectivity index (χ3n) is 7.50. The van der Waals surface area contributed by atoms with Gasteiger partial charge in [-0.1, -0.05) is 89.9 Å². The number of hydrogen-bond acceptors (Lipinski definition) is 5. The molecule has 8 nitrogen and oxygen atoms in total. The number of hydrogen-bond donors (Lipinski definition) is 3. The minimum Gasteiger partial charge on any atom is -0.480 e. The van der Waals surface area contributed by atoms with Crippen molar-refractivity contribution in [2.24, 2.45) is 5.92 Å². The fraction of sp³-hybridized carbons (Fsp3) is 0.273. The lowest BCUT2D eigenvalue weighted by atomic mass is 9.90. The predicted octanol–water partition coefficient (Wildman–Crippen LogP) is 5.48. The molecule has 3 amide bonds. The van der Waals surface area contributed by atoms with Crippen molar-refractivity contribution in [2.45, 2.75) is 29.7 Å². The van der Waals surface area contributed by atoms with Crippen molar-refractivity contribution in [1.29, 1.82) is 0 Å². The Kier molecular flexibility index (Phi) is 11.9. The molecule has 1 atom stereocenters. The van der Waals surface area contributed by atoms with E-state index < -0.39 is 29.8 Å². The zero-order valence-electron chi connectivity index (χ0n) is 24.0. The predicted molar refractivity (Wildman–Crippen MR) is 174 cm³/mol. The number of halogens is 2. The van der Waals surface area contributed by atoms with Crippen LogP contribution in [-0.4, -0.2) is 65.6 Å². The molecule has 1 aliphatic heterocycles. The quantitative estimate of drug-likeness (QED) is 0.186. The lowest BCUT2D eigenvalue weighted by molar-refractivity contribution is -0.143. The molecule has 11 heteroatoms. The molecule has 0 aliphatic carbocycles. The molecule has 0 spiro atoms. The Labute approximate surface area is 270 Å². The fourth-order valence-corrected chi connectivity index (χ4v) is 6.21. The first-order valence-electron chi connectivity index (χ1n) is 14.1. The summed E-state index contributed by atoms with van der Waals surface area (Å²) >= 11 is 14.1. The van der Waals surface area contributed by atoms with Gasteiger partial charge in [-0.2, -0.15) is 0 Å². The van der Waals surface area contributed by atoms with Gasteiger partial charge < -0.3 is 20.6 Å². The number of aliphatic carboxylic acids is 1. The maximum Gasteiger partial charge on any atom is 0.328 e. The van der Waals surface area contributed by atoms with Gasteiger partial charge in [-0.15, -0.1) is 11.8 Å². The van der Waals surface area contributed by atoms with Gasteiger partial charge >= 0.3 is 5.97 Å². The topological polar surface area (TPSA) is 116 Å². The fourth-order valence-electron chi connectivity index (χ4n) is 5.04. The Morgan fingerprint density at radius 1 is 0.932 bits per heavy atom. The number of benzene rings is 3. The van der Waals surface area contributed by atoms with E-state index in [1.165, 1.54) is 17.8 Å². The van der Waals surface area contributed by atoms with Gasteiger partial charge in [-0.25, -0.2) is 4.79 Å². The Bertz CT molecular complexity index is 1470. The van der Waals surface area contributed by atoms with Crippen LogP contribution < -0.4 is 10.6 Å². The summed E-state index contributed by atoms with van der Waals surface area (Å²) in [5.41, 5.74) is 2.16. The van der Waals surface area contributed by atoms with Crippen LogP contribution in [0.3, 0.4) is 0 Å². The van der Waals surface area contributed by atoms with E-state index in [4.69, 9.17) is 23.2 Å². The second-order valence-electron chi connectivity index (χ2n) is 10.3. The number of nitrogens with zero attached hydrogens (tertiary/aromatic N) is 1. The summed E-state index contributed by atoms with van der Waals surface area (Å²) in [4.78, 5) is 53.6. The van der Waals surface area contributed by atoms with E-state index in [0.29, 0.717) is 41.5 Å². The van der Waals surface area contributed by atoms with E-state index in [1.807, 2.05) is 73.0 Å². The molecule has 0 saturated carbocycles. The molecule has 44 heavy (non-hydrogen) atoms. The second-order valence-corrected chi connectivity index (χ2v) is 11.9. The first-order chi connectivity index (χ1) is 21.2. The van der Waals surface area contributed by atoms with E-state index >= 15 is 0 Å². The van der Waals surface area contributed by atoms with E-state index in [9.17, 15) is 24.3 Å². The van der Waals surface area contributed by atoms with Gasteiger partial charge in [-0.05, 0) is 47.9 Å². The van der Waals surface area contributed by atoms with Crippen molar-refractivity contribution >= 4 is 64.7 Å². The van der Waals surface area contributed by atoms with Crippen LogP contribution in [0.25, 0.3) is 6.08 Å². The molecular formula is C33H33Cl2N3O5S. The zero-order valence-corrected chi connectivity index (χ0v) is 26.4. The van der Waals surface area contributed by atoms with E-state index in [1.54, 1.807) is 17.0 Å². The number of carbonyl (C=O) groups is 4. The number of piperidine rings is 1. The number of carboxylic acid groups (broad SMARTS) is 1. The number of carboxylic acids is 1. The summed E-state index contributed by atoms with van der Waals surface area (Å²) in [5, 5.41) is 15.9. The number of nitrogens with one attached hydrogen (secondary N) is 2. The number of likely N-dealkylation sites (tertiary alicyclic amines) is 1. The van der Waals surface area contributed by atoms with Gasteiger partial charge in [0.15, 0.2) is 0 Å². The Morgan fingerprint density at radius 3 is 2.07 bits per heavy atom. The average molecular weight is 655 g/mol. The minimum absolute atomic E-state index is 0.220. The average Bonchev–Trinajstić information content (AvgIpc) is 3.04. The molecule has 230 valence electrons. The van der Waals surface area contributed by atoms with Crippen LogP contribution in [0, 0.1) is 5.92 Å². The van der Waals surface area contributed by atoms with Crippen LogP contribution in [0.2, 0.25) is 10.0 Å². The summed E-state index contributed by atoms with van der Waals surface area (Å²) in [6, 6.07) is 20.8. The molecule has 1 aliphatic rings. The highest BCUT2D eigenvalue weighted by Gasteiger charge is 2.31. The van der Waals surface area contributed by atoms with Crippen molar-refractivity contribution < 1.29 is 24.3 Å². The summed E-state index contributed by atoms with van der Waals surface area (Å²) in [7, 11) is 0. The van der Waals surface area contributed by atoms with Gasteiger partial charge in [0.05, 0.1) is 16.0 Å². The highest BCUT2D eigenvalue weighted by molar-refractivity contribution is 7.98. The molecule has 0 radical (unpaired) electrons. The molecule has 0 unspecified atom stereocenters. The molecule has 0 bridgehead atoms. The lowest BCUT2D eigenvalue weighted by Crippen LogP contribution is -2.52. The van der Waals surface area contributed by atoms with Crippen LogP contribution in [0.1, 0.15) is 35.4 Å². The molecule has 1 heterocycles. The third-order valence-corrected chi connectivity index (χ3v) is 9.29. The summed E-state index contributed by atoms with van der Waals surface area (Å²) in [6.45, 7) is 0.402. The number of thioether (sulfide) groups is 1. The number of carbonyl (C=O) groups excluding carboxylic acids is 3.